The molecule has 1 N–H and O–H groups in total. The van der Waals surface area contributed by atoms with Crippen LogP contribution in [-0.2, 0) is 11.2 Å². The summed E-state index contributed by atoms with van der Waals surface area (Å²) in [4.78, 5) is 19.7. The summed E-state index contributed by atoms with van der Waals surface area (Å²) in [6, 6.07) is 12.4. The molecule has 1 saturated heterocycles. The molecule has 0 aliphatic carbocycles. The number of amides is 1. The Balaban J connectivity index is 1.56. The number of aromatic amines is 1. The molecule has 1 aliphatic rings. The number of aromatic nitrogens is 1. The van der Waals surface area contributed by atoms with Crippen LogP contribution in [-0.4, -0.2) is 42.0 Å². The van der Waals surface area contributed by atoms with E-state index in [9.17, 15) is 4.79 Å². The van der Waals surface area contributed by atoms with Crippen molar-refractivity contribution in [1.29, 1.82) is 0 Å². The molecule has 0 saturated carbocycles. The van der Waals surface area contributed by atoms with Gasteiger partial charge in [-0.05, 0) is 36.8 Å². The van der Waals surface area contributed by atoms with Crippen molar-refractivity contribution in [3.63, 3.8) is 0 Å². The number of carbonyl (C=O) groups is 1. The monoisotopic (exact) mass is 283 g/mol. The number of nitrogens with one attached hydrogen (secondary N) is 1. The predicted molar refractivity (Wildman–Crippen MR) is 84.5 cm³/mol. The molecule has 4 nitrogen and oxygen atoms in total. The highest BCUT2D eigenvalue weighted by atomic mass is 16.2. The lowest BCUT2D eigenvalue weighted by Gasteiger charge is -2.36. The van der Waals surface area contributed by atoms with Crippen LogP contribution in [0.2, 0.25) is 0 Å². The van der Waals surface area contributed by atoms with Crippen LogP contribution in [0.3, 0.4) is 0 Å². The maximum absolute atomic E-state index is 12.3. The smallest absolute Gasteiger partial charge is 0.228 e. The molecule has 1 amide bonds. The van der Waals surface area contributed by atoms with Crippen molar-refractivity contribution in [3.05, 3.63) is 53.9 Å². The summed E-state index contributed by atoms with van der Waals surface area (Å²) >= 11 is 0. The third-order valence-electron chi connectivity index (χ3n) is 4.00. The van der Waals surface area contributed by atoms with E-state index >= 15 is 0 Å². The zero-order chi connectivity index (χ0) is 14.7. The molecule has 0 unspecified atom stereocenters. The van der Waals surface area contributed by atoms with Gasteiger partial charge in [0.25, 0.3) is 0 Å². The van der Waals surface area contributed by atoms with E-state index in [0.29, 0.717) is 6.42 Å². The number of piperazine rings is 1. The molecule has 4 heteroatoms. The average molecular weight is 283 g/mol. The van der Waals surface area contributed by atoms with Crippen molar-refractivity contribution in [2.24, 2.45) is 0 Å². The highest BCUT2D eigenvalue weighted by Gasteiger charge is 2.21. The molecule has 0 atom stereocenters. The molecule has 0 spiro atoms. The molecule has 2 heterocycles. The van der Waals surface area contributed by atoms with E-state index in [4.69, 9.17) is 0 Å². The number of benzene rings is 1. The van der Waals surface area contributed by atoms with Crippen LogP contribution in [0, 0.1) is 6.92 Å². The second kappa shape index (κ2) is 6.04. The Morgan fingerprint density at radius 2 is 1.95 bits per heavy atom. The normalized spacial score (nSPS) is 15.3. The molecule has 0 radical (unpaired) electrons. The first-order chi connectivity index (χ1) is 10.2. The molecule has 1 aromatic carbocycles. The molecule has 2 aromatic rings. The molecule has 21 heavy (non-hydrogen) atoms. The van der Waals surface area contributed by atoms with E-state index in [-0.39, 0.29) is 5.91 Å². The Kier molecular flexibility index (Phi) is 3.95. The number of hydrogen-bond donors (Lipinski definition) is 1. The summed E-state index contributed by atoms with van der Waals surface area (Å²) in [6.07, 6.45) is 2.33. The molecular formula is C17H21N3O. The summed E-state index contributed by atoms with van der Waals surface area (Å²) < 4.78 is 0. The first-order valence-electron chi connectivity index (χ1n) is 7.44. The van der Waals surface area contributed by atoms with Crippen molar-refractivity contribution in [2.45, 2.75) is 13.3 Å². The number of rotatable bonds is 3. The molecule has 0 bridgehead atoms. The van der Waals surface area contributed by atoms with E-state index in [0.717, 1.165) is 31.9 Å². The molecule has 3 rings (SSSR count). The van der Waals surface area contributed by atoms with Crippen LogP contribution in [0.4, 0.5) is 5.69 Å². The number of aryl methyl sites for hydroxylation is 1. The zero-order valence-electron chi connectivity index (χ0n) is 12.4. The van der Waals surface area contributed by atoms with Gasteiger partial charge in [0.15, 0.2) is 0 Å². The van der Waals surface area contributed by atoms with Crippen LogP contribution < -0.4 is 4.90 Å². The van der Waals surface area contributed by atoms with E-state index in [1.165, 1.54) is 11.3 Å². The van der Waals surface area contributed by atoms with Gasteiger partial charge >= 0.3 is 0 Å². The topological polar surface area (TPSA) is 39.3 Å². The highest BCUT2D eigenvalue weighted by molar-refractivity contribution is 5.78. The van der Waals surface area contributed by atoms with Gasteiger partial charge in [0, 0.05) is 43.8 Å². The van der Waals surface area contributed by atoms with Gasteiger partial charge in [-0.1, -0.05) is 12.1 Å². The van der Waals surface area contributed by atoms with E-state index in [1.807, 2.05) is 23.2 Å². The van der Waals surface area contributed by atoms with Crippen molar-refractivity contribution in [2.75, 3.05) is 31.1 Å². The van der Waals surface area contributed by atoms with Gasteiger partial charge in [-0.25, -0.2) is 0 Å². The average Bonchev–Trinajstić information content (AvgIpc) is 3.00. The molecule has 1 fully saturated rings. The third-order valence-corrected chi connectivity index (χ3v) is 4.00. The lowest BCUT2D eigenvalue weighted by Crippen LogP contribution is -2.49. The van der Waals surface area contributed by atoms with E-state index in [2.05, 4.69) is 41.1 Å². The number of hydrogen-bond acceptors (Lipinski definition) is 2. The van der Waals surface area contributed by atoms with Crippen LogP contribution in [0.1, 0.15) is 11.3 Å². The van der Waals surface area contributed by atoms with Crippen molar-refractivity contribution in [1.82, 2.24) is 9.88 Å². The highest BCUT2D eigenvalue weighted by Crippen LogP contribution is 2.18. The first kappa shape index (κ1) is 13.7. The van der Waals surface area contributed by atoms with E-state index in [1.54, 1.807) is 0 Å². The standard InChI is InChI=1S/C17H21N3O/c1-14-4-2-6-16(12-14)19-8-10-20(11-9-19)17(21)13-15-5-3-7-18-15/h2-7,12,18H,8-11,13H2,1H3. The number of H-pyrrole nitrogens is 1. The predicted octanol–water partition coefficient (Wildman–Crippen LogP) is 2.21. The summed E-state index contributed by atoms with van der Waals surface area (Å²) in [7, 11) is 0. The SMILES string of the molecule is Cc1cccc(N2CCN(C(=O)Cc3ccc[nH]3)CC2)c1. The van der Waals surface area contributed by atoms with E-state index < -0.39 is 0 Å². The lowest BCUT2D eigenvalue weighted by atomic mass is 10.2. The Hall–Kier alpha value is -2.23. The molecule has 1 aromatic heterocycles. The second-order valence-electron chi connectivity index (χ2n) is 5.58. The summed E-state index contributed by atoms with van der Waals surface area (Å²) in [5, 5.41) is 0. The molecular weight excluding hydrogens is 262 g/mol. The number of nitrogens with zero attached hydrogens (tertiary/aromatic N) is 2. The minimum Gasteiger partial charge on any atom is -0.368 e. The molecule has 110 valence electrons. The van der Waals surface area contributed by atoms with Gasteiger partial charge < -0.3 is 14.8 Å². The van der Waals surface area contributed by atoms with Gasteiger partial charge in [0.2, 0.25) is 5.91 Å². The largest absolute Gasteiger partial charge is 0.368 e. The fourth-order valence-electron chi connectivity index (χ4n) is 2.79. The summed E-state index contributed by atoms with van der Waals surface area (Å²) in [5.74, 6) is 0.210. The van der Waals surface area contributed by atoms with Gasteiger partial charge in [-0.2, -0.15) is 0 Å². The van der Waals surface area contributed by atoms with Crippen LogP contribution in [0.25, 0.3) is 0 Å². The Labute approximate surface area is 125 Å². The van der Waals surface area contributed by atoms with Gasteiger partial charge in [-0.15, -0.1) is 0 Å². The fraction of sp³-hybridized carbons (Fsp3) is 0.353. The Bertz CT molecular complexity index is 598. The van der Waals surface area contributed by atoms with Gasteiger partial charge in [0.1, 0.15) is 0 Å². The van der Waals surface area contributed by atoms with Crippen molar-refractivity contribution < 1.29 is 4.79 Å². The van der Waals surface area contributed by atoms with Gasteiger partial charge in [0.05, 0.1) is 6.42 Å². The maximum Gasteiger partial charge on any atom is 0.228 e. The van der Waals surface area contributed by atoms with Crippen LogP contribution >= 0.6 is 0 Å². The quantitative estimate of drug-likeness (QED) is 0.938. The minimum atomic E-state index is 0.210. The minimum absolute atomic E-state index is 0.210. The zero-order valence-corrected chi connectivity index (χ0v) is 12.4. The van der Waals surface area contributed by atoms with Crippen molar-refractivity contribution in [3.8, 4) is 0 Å². The second-order valence-corrected chi connectivity index (χ2v) is 5.58. The first-order valence-corrected chi connectivity index (χ1v) is 7.44. The number of anilines is 1. The summed E-state index contributed by atoms with van der Waals surface area (Å²) in [6.45, 7) is 5.51. The Morgan fingerprint density at radius 3 is 2.62 bits per heavy atom. The fourth-order valence-corrected chi connectivity index (χ4v) is 2.79. The Morgan fingerprint density at radius 1 is 1.14 bits per heavy atom. The van der Waals surface area contributed by atoms with Crippen LogP contribution in [0.5, 0.6) is 0 Å². The number of carbonyl (C=O) groups excluding carboxylic acids is 1. The van der Waals surface area contributed by atoms with Gasteiger partial charge in [-0.3, -0.25) is 4.79 Å². The lowest BCUT2D eigenvalue weighted by molar-refractivity contribution is -0.130. The third kappa shape index (κ3) is 3.27. The molecule has 1 aliphatic heterocycles. The van der Waals surface area contributed by atoms with Crippen LogP contribution in [0.15, 0.2) is 42.6 Å². The summed E-state index contributed by atoms with van der Waals surface area (Å²) in [5.41, 5.74) is 3.52. The maximum atomic E-state index is 12.3. The van der Waals surface area contributed by atoms with Crippen molar-refractivity contribution >= 4 is 11.6 Å².